The van der Waals surface area contributed by atoms with Crippen LogP contribution in [0, 0.1) is 11.3 Å². The normalized spacial score (nSPS) is 15.8. The van der Waals surface area contributed by atoms with Crippen molar-refractivity contribution in [2.45, 2.75) is 0 Å². The average Bonchev–Trinajstić information content (AvgIpc) is 2.54. The molecule has 0 aliphatic carbocycles. The van der Waals surface area contributed by atoms with E-state index >= 15 is 0 Å². The van der Waals surface area contributed by atoms with Crippen molar-refractivity contribution in [3.8, 4) is 11.8 Å². The summed E-state index contributed by atoms with van der Waals surface area (Å²) in [6, 6.07) is 7.26. The first kappa shape index (κ1) is 14.4. The van der Waals surface area contributed by atoms with E-state index in [4.69, 9.17) is 9.15 Å². The Morgan fingerprint density at radius 3 is 2.64 bits per heavy atom. The van der Waals surface area contributed by atoms with Gasteiger partial charge in [-0.2, -0.15) is 5.26 Å². The largest absolute Gasteiger partial charge is 0.497 e. The molecule has 0 saturated carbocycles. The van der Waals surface area contributed by atoms with E-state index in [-0.39, 0.29) is 5.56 Å². The highest BCUT2D eigenvalue weighted by Gasteiger charge is 2.23. The van der Waals surface area contributed by atoms with E-state index in [2.05, 4.69) is 16.8 Å². The van der Waals surface area contributed by atoms with E-state index in [0.29, 0.717) is 17.0 Å². The molecular weight excluding hydrogens is 282 g/mol. The summed E-state index contributed by atoms with van der Waals surface area (Å²) >= 11 is 0. The minimum absolute atomic E-state index is 0.0605. The lowest BCUT2D eigenvalue weighted by Gasteiger charge is -2.34. The van der Waals surface area contributed by atoms with Crippen molar-refractivity contribution in [1.82, 2.24) is 4.90 Å². The molecule has 0 unspecified atom stereocenters. The predicted molar refractivity (Wildman–Crippen MR) is 83.5 cm³/mol. The number of fused-ring (bicyclic) bond motifs is 1. The van der Waals surface area contributed by atoms with Gasteiger partial charge in [-0.3, -0.25) is 0 Å². The molecular formula is C16H17N3O3. The van der Waals surface area contributed by atoms with Gasteiger partial charge in [-0.1, -0.05) is 0 Å². The van der Waals surface area contributed by atoms with Crippen LogP contribution in [0.3, 0.4) is 0 Å². The standard InChI is InChI=1S/C16H17N3O3/c1-18-5-7-19(8-6-18)15-12-9-11(21-2)3-4-14(12)22-16(20)13(15)10-17/h3-4,9H,5-8H2,1-2H3. The van der Waals surface area contributed by atoms with Crippen LogP contribution >= 0.6 is 0 Å². The second-order valence-electron chi connectivity index (χ2n) is 5.38. The molecule has 6 heteroatoms. The molecule has 2 heterocycles. The first-order valence-corrected chi connectivity index (χ1v) is 7.12. The molecule has 1 aliphatic rings. The summed E-state index contributed by atoms with van der Waals surface area (Å²) < 4.78 is 10.5. The Bertz CT molecular complexity index is 799. The van der Waals surface area contributed by atoms with E-state index in [1.807, 2.05) is 12.1 Å². The van der Waals surface area contributed by atoms with Crippen molar-refractivity contribution in [3.63, 3.8) is 0 Å². The van der Waals surface area contributed by atoms with E-state index in [0.717, 1.165) is 31.6 Å². The fraction of sp³-hybridized carbons (Fsp3) is 0.375. The average molecular weight is 299 g/mol. The molecule has 1 aromatic heterocycles. The number of hydrogen-bond donors (Lipinski definition) is 0. The SMILES string of the molecule is COc1ccc2oc(=O)c(C#N)c(N3CCN(C)CC3)c2c1. The summed E-state index contributed by atoms with van der Waals surface area (Å²) in [6.45, 7) is 3.30. The van der Waals surface area contributed by atoms with Crippen LogP contribution in [0.4, 0.5) is 5.69 Å². The highest BCUT2D eigenvalue weighted by Crippen LogP contribution is 2.32. The topological polar surface area (TPSA) is 69.7 Å². The lowest BCUT2D eigenvalue weighted by atomic mass is 10.1. The number of hydrogen-bond acceptors (Lipinski definition) is 6. The fourth-order valence-electron chi connectivity index (χ4n) is 2.75. The van der Waals surface area contributed by atoms with Crippen LogP contribution < -0.4 is 15.3 Å². The number of methoxy groups -OCH3 is 1. The van der Waals surface area contributed by atoms with E-state index < -0.39 is 5.63 Å². The van der Waals surface area contributed by atoms with Gasteiger partial charge in [-0.15, -0.1) is 0 Å². The second kappa shape index (κ2) is 5.70. The second-order valence-corrected chi connectivity index (χ2v) is 5.38. The van der Waals surface area contributed by atoms with Crippen LogP contribution in [-0.2, 0) is 0 Å². The van der Waals surface area contributed by atoms with Crippen molar-refractivity contribution >= 4 is 16.7 Å². The van der Waals surface area contributed by atoms with Crippen molar-refractivity contribution in [3.05, 3.63) is 34.2 Å². The molecule has 114 valence electrons. The maximum Gasteiger partial charge on any atom is 0.356 e. The number of anilines is 1. The summed E-state index contributed by atoms with van der Waals surface area (Å²) in [5.74, 6) is 0.667. The van der Waals surface area contributed by atoms with Crippen LogP contribution in [0.1, 0.15) is 5.56 Å². The molecule has 22 heavy (non-hydrogen) atoms. The number of benzene rings is 1. The lowest BCUT2D eigenvalue weighted by Crippen LogP contribution is -2.45. The van der Waals surface area contributed by atoms with E-state index in [1.165, 1.54) is 0 Å². The zero-order chi connectivity index (χ0) is 15.7. The minimum Gasteiger partial charge on any atom is -0.497 e. The first-order chi connectivity index (χ1) is 10.6. The fourth-order valence-corrected chi connectivity index (χ4v) is 2.75. The monoisotopic (exact) mass is 299 g/mol. The summed E-state index contributed by atoms with van der Waals surface area (Å²) in [7, 11) is 3.64. The summed E-state index contributed by atoms with van der Waals surface area (Å²) in [5, 5.41) is 10.1. The molecule has 0 N–H and O–H groups in total. The van der Waals surface area contributed by atoms with Gasteiger partial charge in [-0.05, 0) is 25.2 Å². The first-order valence-electron chi connectivity index (χ1n) is 7.12. The summed E-state index contributed by atoms with van der Waals surface area (Å²) in [6.07, 6.45) is 0. The maximum atomic E-state index is 12.1. The van der Waals surface area contributed by atoms with Gasteiger partial charge in [0.15, 0.2) is 5.56 Å². The number of nitrogens with zero attached hydrogens (tertiary/aromatic N) is 3. The highest BCUT2D eigenvalue weighted by atomic mass is 16.5. The number of nitriles is 1. The third-order valence-corrected chi connectivity index (χ3v) is 4.02. The van der Waals surface area contributed by atoms with Gasteiger partial charge in [0.2, 0.25) is 0 Å². The molecule has 1 aliphatic heterocycles. The number of rotatable bonds is 2. The molecule has 1 aromatic carbocycles. The van der Waals surface area contributed by atoms with Crippen LogP contribution in [0.5, 0.6) is 5.75 Å². The predicted octanol–water partition coefficient (Wildman–Crippen LogP) is 1.43. The lowest BCUT2D eigenvalue weighted by molar-refractivity contribution is 0.313. The van der Waals surface area contributed by atoms with Crippen molar-refractivity contribution in [2.24, 2.45) is 0 Å². The van der Waals surface area contributed by atoms with Gasteiger partial charge in [0, 0.05) is 31.6 Å². The zero-order valence-electron chi connectivity index (χ0n) is 12.6. The molecule has 2 aromatic rings. The maximum absolute atomic E-state index is 12.1. The van der Waals surface area contributed by atoms with Crippen LogP contribution in [0.2, 0.25) is 0 Å². The van der Waals surface area contributed by atoms with Crippen LogP contribution in [-0.4, -0.2) is 45.2 Å². The van der Waals surface area contributed by atoms with Gasteiger partial charge in [0.05, 0.1) is 12.8 Å². The van der Waals surface area contributed by atoms with E-state index in [1.54, 1.807) is 19.2 Å². The van der Waals surface area contributed by atoms with Crippen molar-refractivity contribution < 1.29 is 9.15 Å². The number of piperazine rings is 1. The quantitative estimate of drug-likeness (QED) is 0.781. The van der Waals surface area contributed by atoms with Crippen LogP contribution in [0.15, 0.2) is 27.4 Å². The molecule has 6 nitrogen and oxygen atoms in total. The van der Waals surface area contributed by atoms with Crippen molar-refractivity contribution in [1.29, 1.82) is 5.26 Å². The Balaban J connectivity index is 2.24. The van der Waals surface area contributed by atoms with Gasteiger partial charge in [0.25, 0.3) is 0 Å². The Labute approximate surface area is 128 Å². The number of likely N-dealkylation sites (N-methyl/N-ethyl adjacent to an activating group) is 1. The van der Waals surface area contributed by atoms with Gasteiger partial charge < -0.3 is 19.0 Å². The Hall–Kier alpha value is -2.52. The van der Waals surface area contributed by atoms with Gasteiger partial charge in [-0.25, -0.2) is 4.79 Å². The minimum atomic E-state index is -0.589. The molecule has 1 fully saturated rings. The molecule has 3 rings (SSSR count). The Morgan fingerprint density at radius 2 is 2.00 bits per heavy atom. The zero-order valence-corrected chi connectivity index (χ0v) is 12.6. The smallest absolute Gasteiger partial charge is 0.356 e. The molecule has 0 spiro atoms. The molecule has 0 atom stereocenters. The number of ether oxygens (including phenoxy) is 1. The highest BCUT2D eigenvalue weighted by molar-refractivity contribution is 5.94. The van der Waals surface area contributed by atoms with E-state index in [9.17, 15) is 10.1 Å². The van der Waals surface area contributed by atoms with Crippen molar-refractivity contribution in [2.75, 3.05) is 45.2 Å². The summed E-state index contributed by atoms with van der Waals surface area (Å²) in [5.41, 5.74) is 0.596. The van der Waals surface area contributed by atoms with Gasteiger partial charge in [0.1, 0.15) is 17.4 Å². The molecule has 0 radical (unpaired) electrons. The van der Waals surface area contributed by atoms with Gasteiger partial charge >= 0.3 is 5.63 Å². The third-order valence-electron chi connectivity index (χ3n) is 4.02. The molecule has 1 saturated heterocycles. The molecule has 0 amide bonds. The molecule has 0 bridgehead atoms. The van der Waals surface area contributed by atoms with Crippen LogP contribution in [0.25, 0.3) is 11.0 Å². The Kier molecular flexibility index (Phi) is 3.73. The summed E-state index contributed by atoms with van der Waals surface area (Å²) in [4.78, 5) is 16.4. The third kappa shape index (κ3) is 2.40. The Morgan fingerprint density at radius 1 is 1.27 bits per heavy atom.